The maximum absolute atomic E-state index is 5.49. The third-order valence-electron chi connectivity index (χ3n) is 2.43. The Kier molecular flexibility index (Phi) is 5.93. The lowest BCUT2D eigenvalue weighted by atomic mass is 10.1. The van der Waals surface area contributed by atoms with Crippen LogP contribution in [0.3, 0.4) is 0 Å². The van der Waals surface area contributed by atoms with E-state index in [1.54, 1.807) is 0 Å². The summed E-state index contributed by atoms with van der Waals surface area (Å²) in [6.07, 6.45) is 1.10. The van der Waals surface area contributed by atoms with Crippen LogP contribution in [0.15, 0.2) is 17.0 Å². The fourth-order valence-corrected chi connectivity index (χ4v) is 2.82. The van der Waals surface area contributed by atoms with Gasteiger partial charge in [-0.2, -0.15) is 0 Å². The number of aryl methyl sites for hydroxylation is 3. The van der Waals surface area contributed by atoms with Crippen LogP contribution in [0.2, 0.25) is 0 Å². The van der Waals surface area contributed by atoms with Gasteiger partial charge >= 0.3 is 0 Å². The lowest BCUT2D eigenvalue weighted by Crippen LogP contribution is -1.99. The Balaban J connectivity index is 2.47. The van der Waals surface area contributed by atoms with Gasteiger partial charge in [0, 0.05) is 17.3 Å². The number of hydrogen-bond acceptors (Lipinski definition) is 2. The first-order valence-corrected chi connectivity index (χ1v) is 6.92. The van der Waals surface area contributed by atoms with Crippen molar-refractivity contribution in [3.05, 3.63) is 28.8 Å². The highest BCUT2D eigenvalue weighted by molar-refractivity contribution is 7.99. The summed E-state index contributed by atoms with van der Waals surface area (Å²) in [6.45, 7) is 10.4. The Labute approximate surface area is 104 Å². The van der Waals surface area contributed by atoms with Crippen molar-refractivity contribution in [1.29, 1.82) is 0 Å². The smallest absolute Gasteiger partial charge is 0.0560 e. The van der Waals surface area contributed by atoms with Gasteiger partial charge in [-0.05, 0) is 38.3 Å². The molecule has 0 aliphatic carbocycles. The zero-order valence-corrected chi connectivity index (χ0v) is 11.6. The molecule has 0 atom stereocenters. The molecular weight excluding hydrogens is 216 g/mol. The Bertz CT molecular complexity index is 311. The molecule has 0 aromatic heterocycles. The van der Waals surface area contributed by atoms with E-state index < -0.39 is 0 Å². The van der Waals surface area contributed by atoms with E-state index >= 15 is 0 Å². The average Bonchev–Trinajstić information content (AvgIpc) is 2.20. The lowest BCUT2D eigenvalue weighted by molar-refractivity contribution is 0.151. The predicted octanol–water partition coefficient (Wildman–Crippen LogP) is 4.13. The van der Waals surface area contributed by atoms with Crippen LogP contribution in [0.25, 0.3) is 0 Å². The number of hydrogen-bond donors (Lipinski definition) is 0. The second-order valence-electron chi connectivity index (χ2n) is 4.19. The number of benzene rings is 1. The van der Waals surface area contributed by atoms with Gasteiger partial charge in [-0.15, -0.1) is 11.8 Å². The van der Waals surface area contributed by atoms with Crippen molar-refractivity contribution >= 4 is 11.8 Å². The second kappa shape index (κ2) is 6.97. The van der Waals surface area contributed by atoms with E-state index in [9.17, 15) is 0 Å². The van der Waals surface area contributed by atoms with Crippen LogP contribution in [0.1, 0.15) is 30.0 Å². The molecule has 1 nitrogen and oxygen atoms in total. The molecule has 0 saturated heterocycles. The van der Waals surface area contributed by atoms with Crippen molar-refractivity contribution in [3.8, 4) is 0 Å². The summed E-state index contributed by atoms with van der Waals surface area (Å²) in [5.41, 5.74) is 4.12. The van der Waals surface area contributed by atoms with E-state index in [4.69, 9.17) is 4.74 Å². The Morgan fingerprint density at radius 3 is 2.25 bits per heavy atom. The van der Waals surface area contributed by atoms with Gasteiger partial charge in [-0.1, -0.05) is 24.6 Å². The zero-order valence-electron chi connectivity index (χ0n) is 10.8. The molecule has 0 unspecified atom stereocenters. The quantitative estimate of drug-likeness (QED) is 0.544. The monoisotopic (exact) mass is 238 g/mol. The molecule has 0 aliphatic rings. The summed E-state index contributed by atoms with van der Waals surface area (Å²) in [5, 5.41) is 0. The van der Waals surface area contributed by atoms with Gasteiger partial charge in [0.2, 0.25) is 0 Å². The van der Waals surface area contributed by atoms with Gasteiger partial charge in [0.1, 0.15) is 0 Å². The van der Waals surface area contributed by atoms with Crippen molar-refractivity contribution in [2.24, 2.45) is 0 Å². The Morgan fingerprint density at radius 1 is 1.06 bits per heavy atom. The van der Waals surface area contributed by atoms with Crippen molar-refractivity contribution in [2.45, 2.75) is 39.0 Å². The number of ether oxygens (including phenoxy) is 1. The van der Waals surface area contributed by atoms with Crippen LogP contribution < -0.4 is 0 Å². The molecule has 1 rings (SSSR count). The summed E-state index contributed by atoms with van der Waals surface area (Å²) >= 11 is 1.91. The van der Waals surface area contributed by atoms with Gasteiger partial charge < -0.3 is 4.74 Å². The molecule has 0 fully saturated rings. The molecule has 90 valence electrons. The molecule has 1 aromatic carbocycles. The molecule has 0 spiro atoms. The summed E-state index contributed by atoms with van der Waals surface area (Å²) in [4.78, 5) is 1.42. The molecule has 16 heavy (non-hydrogen) atoms. The highest BCUT2D eigenvalue weighted by atomic mass is 32.2. The summed E-state index contributed by atoms with van der Waals surface area (Å²) in [6, 6.07) is 4.50. The molecule has 0 amide bonds. The third kappa shape index (κ3) is 4.18. The van der Waals surface area contributed by atoms with Crippen molar-refractivity contribution in [3.63, 3.8) is 0 Å². The van der Waals surface area contributed by atoms with Crippen molar-refractivity contribution in [2.75, 3.05) is 19.0 Å². The number of thioether (sulfide) groups is 1. The summed E-state index contributed by atoms with van der Waals surface area (Å²) < 4.78 is 5.49. The van der Waals surface area contributed by atoms with E-state index in [2.05, 4.69) is 39.8 Å². The molecule has 0 N–H and O–H groups in total. The minimum atomic E-state index is 0.852. The largest absolute Gasteiger partial charge is 0.381 e. The average molecular weight is 238 g/mol. The van der Waals surface area contributed by atoms with E-state index in [0.717, 1.165) is 25.4 Å². The third-order valence-corrected chi connectivity index (χ3v) is 3.73. The topological polar surface area (TPSA) is 9.23 Å². The standard InChI is InChI=1S/C14H22OS/c1-5-6-15-7-8-16-14-12(3)9-11(2)10-13(14)4/h9-10H,5-8H2,1-4H3. The van der Waals surface area contributed by atoms with Crippen LogP contribution in [-0.4, -0.2) is 19.0 Å². The fraction of sp³-hybridized carbons (Fsp3) is 0.571. The SMILES string of the molecule is CCCOCCSc1c(C)cc(C)cc1C. The normalized spacial score (nSPS) is 10.8. The van der Waals surface area contributed by atoms with Crippen LogP contribution >= 0.6 is 11.8 Å². The van der Waals surface area contributed by atoms with Gasteiger partial charge in [0.15, 0.2) is 0 Å². The highest BCUT2D eigenvalue weighted by Gasteiger charge is 2.03. The van der Waals surface area contributed by atoms with Crippen LogP contribution in [0, 0.1) is 20.8 Å². The molecule has 0 radical (unpaired) electrons. The molecule has 0 bridgehead atoms. The molecular formula is C14H22OS. The number of rotatable bonds is 6. The van der Waals surface area contributed by atoms with Crippen LogP contribution in [0.4, 0.5) is 0 Å². The maximum atomic E-state index is 5.49. The Morgan fingerprint density at radius 2 is 1.69 bits per heavy atom. The van der Waals surface area contributed by atoms with E-state index in [1.165, 1.54) is 21.6 Å². The Hall–Kier alpha value is -0.470. The predicted molar refractivity (Wildman–Crippen MR) is 72.5 cm³/mol. The minimum Gasteiger partial charge on any atom is -0.381 e. The van der Waals surface area contributed by atoms with Gasteiger partial charge in [-0.25, -0.2) is 0 Å². The second-order valence-corrected chi connectivity index (χ2v) is 5.29. The van der Waals surface area contributed by atoms with Crippen molar-refractivity contribution in [1.82, 2.24) is 0 Å². The molecule has 2 heteroatoms. The molecule has 0 aliphatic heterocycles. The van der Waals surface area contributed by atoms with E-state index in [0.29, 0.717) is 0 Å². The van der Waals surface area contributed by atoms with Crippen LogP contribution in [-0.2, 0) is 4.74 Å². The highest BCUT2D eigenvalue weighted by Crippen LogP contribution is 2.27. The summed E-state index contributed by atoms with van der Waals surface area (Å²) in [5.74, 6) is 1.05. The molecule has 0 heterocycles. The van der Waals surface area contributed by atoms with E-state index in [1.807, 2.05) is 11.8 Å². The maximum Gasteiger partial charge on any atom is 0.0560 e. The first kappa shape index (κ1) is 13.6. The van der Waals surface area contributed by atoms with E-state index in [-0.39, 0.29) is 0 Å². The zero-order chi connectivity index (χ0) is 12.0. The molecule has 0 saturated carbocycles. The first-order valence-electron chi connectivity index (χ1n) is 5.93. The van der Waals surface area contributed by atoms with Crippen molar-refractivity contribution < 1.29 is 4.74 Å². The van der Waals surface area contributed by atoms with Crippen LogP contribution in [0.5, 0.6) is 0 Å². The summed E-state index contributed by atoms with van der Waals surface area (Å²) in [7, 11) is 0. The lowest BCUT2D eigenvalue weighted by Gasteiger charge is -2.10. The van der Waals surface area contributed by atoms with Gasteiger partial charge in [0.05, 0.1) is 6.61 Å². The molecule has 1 aromatic rings. The first-order chi connectivity index (χ1) is 7.65. The van der Waals surface area contributed by atoms with Gasteiger partial charge in [-0.3, -0.25) is 0 Å². The minimum absolute atomic E-state index is 0.852. The van der Waals surface area contributed by atoms with Gasteiger partial charge in [0.25, 0.3) is 0 Å². The fourth-order valence-electron chi connectivity index (χ4n) is 1.84.